The molecule has 2 rings (SSSR count). The molecule has 2 aromatic rings. The second-order valence-corrected chi connectivity index (χ2v) is 4.40. The van der Waals surface area contributed by atoms with Gasteiger partial charge in [-0.2, -0.15) is 5.10 Å². The first-order valence-corrected chi connectivity index (χ1v) is 6.40. The SMILES string of the molecule is COc1cccc(OC)c1C(NN)c1c(OC)cnn1C. The van der Waals surface area contributed by atoms with Crippen molar-refractivity contribution in [2.75, 3.05) is 21.3 Å². The summed E-state index contributed by atoms with van der Waals surface area (Å²) in [4.78, 5) is 0. The third-order valence-electron chi connectivity index (χ3n) is 3.36. The molecule has 0 aliphatic carbocycles. The predicted octanol–water partition coefficient (Wildman–Crippen LogP) is 0.999. The maximum absolute atomic E-state index is 5.78. The lowest BCUT2D eigenvalue weighted by Gasteiger charge is -2.22. The van der Waals surface area contributed by atoms with Crippen molar-refractivity contribution in [3.05, 3.63) is 35.7 Å². The van der Waals surface area contributed by atoms with Crippen molar-refractivity contribution >= 4 is 0 Å². The second kappa shape index (κ2) is 6.47. The summed E-state index contributed by atoms with van der Waals surface area (Å²) in [5, 5.41) is 4.21. The molecule has 0 bridgehead atoms. The molecule has 7 nitrogen and oxygen atoms in total. The molecular formula is C14H20N4O3. The standard InChI is InChI=1S/C14H20N4O3/c1-18-14(11(21-4)8-16-18)13(17-15)12-9(19-2)6-5-7-10(12)20-3/h5-8,13,17H,15H2,1-4H3. The summed E-state index contributed by atoms with van der Waals surface area (Å²) >= 11 is 0. The fraction of sp³-hybridized carbons (Fsp3) is 0.357. The Morgan fingerprint density at radius 1 is 1.10 bits per heavy atom. The number of hydrogen-bond donors (Lipinski definition) is 2. The van der Waals surface area contributed by atoms with Gasteiger partial charge in [-0.1, -0.05) is 6.07 Å². The van der Waals surface area contributed by atoms with Gasteiger partial charge in [-0.05, 0) is 12.1 Å². The molecule has 1 atom stereocenters. The topological polar surface area (TPSA) is 83.6 Å². The Kier molecular flexibility index (Phi) is 4.66. The number of hydrogen-bond acceptors (Lipinski definition) is 6. The van der Waals surface area contributed by atoms with Crippen LogP contribution in [-0.2, 0) is 7.05 Å². The van der Waals surface area contributed by atoms with Crippen molar-refractivity contribution < 1.29 is 14.2 Å². The van der Waals surface area contributed by atoms with E-state index in [9.17, 15) is 0 Å². The van der Waals surface area contributed by atoms with Crippen LogP contribution in [0.1, 0.15) is 17.3 Å². The molecule has 1 aromatic heterocycles. The minimum Gasteiger partial charge on any atom is -0.496 e. The van der Waals surface area contributed by atoms with E-state index in [1.54, 1.807) is 32.2 Å². The second-order valence-electron chi connectivity index (χ2n) is 4.40. The summed E-state index contributed by atoms with van der Waals surface area (Å²) in [6.07, 6.45) is 1.64. The molecule has 0 radical (unpaired) electrons. The first-order valence-electron chi connectivity index (χ1n) is 6.40. The Bertz CT molecular complexity index is 590. The normalized spacial score (nSPS) is 12.0. The summed E-state index contributed by atoms with van der Waals surface area (Å²) in [6.45, 7) is 0. The van der Waals surface area contributed by atoms with Crippen LogP contribution in [0.5, 0.6) is 17.2 Å². The van der Waals surface area contributed by atoms with E-state index < -0.39 is 6.04 Å². The summed E-state index contributed by atoms with van der Waals surface area (Å²) < 4.78 is 17.9. The molecule has 0 aliphatic heterocycles. The maximum Gasteiger partial charge on any atom is 0.161 e. The van der Waals surface area contributed by atoms with Crippen LogP contribution in [0.2, 0.25) is 0 Å². The summed E-state index contributed by atoms with van der Waals surface area (Å²) in [5.41, 5.74) is 4.35. The third-order valence-corrected chi connectivity index (χ3v) is 3.36. The van der Waals surface area contributed by atoms with E-state index in [4.69, 9.17) is 20.1 Å². The zero-order chi connectivity index (χ0) is 15.4. The van der Waals surface area contributed by atoms with Crippen molar-refractivity contribution in [1.29, 1.82) is 0 Å². The lowest BCUT2D eigenvalue weighted by molar-refractivity contribution is 0.369. The van der Waals surface area contributed by atoms with Crippen LogP contribution in [-0.4, -0.2) is 31.1 Å². The fourth-order valence-electron chi connectivity index (χ4n) is 2.38. The van der Waals surface area contributed by atoms with Gasteiger partial charge in [0, 0.05) is 7.05 Å². The molecule has 0 amide bonds. The smallest absolute Gasteiger partial charge is 0.161 e. The highest BCUT2D eigenvalue weighted by atomic mass is 16.5. The van der Waals surface area contributed by atoms with Gasteiger partial charge in [0.15, 0.2) is 5.75 Å². The van der Waals surface area contributed by atoms with Gasteiger partial charge >= 0.3 is 0 Å². The summed E-state index contributed by atoms with van der Waals surface area (Å²) in [5.74, 6) is 7.75. The number of methoxy groups -OCH3 is 3. The van der Waals surface area contributed by atoms with Crippen LogP contribution in [0.25, 0.3) is 0 Å². The van der Waals surface area contributed by atoms with Gasteiger partial charge in [0.1, 0.15) is 17.2 Å². The average molecular weight is 292 g/mol. The molecule has 0 spiro atoms. The minimum atomic E-state index is -0.390. The highest BCUT2D eigenvalue weighted by molar-refractivity contribution is 5.51. The number of ether oxygens (including phenoxy) is 3. The Morgan fingerprint density at radius 2 is 1.67 bits per heavy atom. The number of aryl methyl sites for hydroxylation is 1. The molecule has 3 N–H and O–H groups in total. The van der Waals surface area contributed by atoms with Crippen molar-refractivity contribution in [1.82, 2.24) is 15.2 Å². The Morgan fingerprint density at radius 3 is 2.14 bits per heavy atom. The molecule has 21 heavy (non-hydrogen) atoms. The maximum atomic E-state index is 5.78. The van der Waals surface area contributed by atoms with Crippen molar-refractivity contribution in [3.8, 4) is 17.2 Å². The fourth-order valence-corrected chi connectivity index (χ4v) is 2.38. The van der Waals surface area contributed by atoms with Crippen LogP contribution >= 0.6 is 0 Å². The molecule has 114 valence electrons. The predicted molar refractivity (Wildman–Crippen MR) is 78.5 cm³/mol. The number of hydrazine groups is 1. The van der Waals surface area contributed by atoms with Crippen LogP contribution in [0.3, 0.4) is 0 Å². The minimum absolute atomic E-state index is 0.390. The van der Waals surface area contributed by atoms with E-state index in [-0.39, 0.29) is 0 Å². The lowest BCUT2D eigenvalue weighted by Crippen LogP contribution is -2.31. The van der Waals surface area contributed by atoms with Crippen LogP contribution in [0.4, 0.5) is 0 Å². The van der Waals surface area contributed by atoms with Gasteiger partial charge in [-0.15, -0.1) is 0 Å². The van der Waals surface area contributed by atoms with Crippen LogP contribution in [0.15, 0.2) is 24.4 Å². The zero-order valence-electron chi connectivity index (χ0n) is 12.6. The number of aromatic nitrogens is 2. The summed E-state index contributed by atoms with van der Waals surface area (Å²) in [6, 6.07) is 5.17. The lowest BCUT2D eigenvalue weighted by atomic mass is 10.0. The van der Waals surface area contributed by atoms with Crippen LogP contribution in [0, 0.1) is 0 Å². The third kappa shape index (κ3) is 2.65. The van der Waals surface area contributed by atoms with E-state index in [0.717, 1.165) is 11.3 Å². The molecule has 0 saturated heterocycles. The molecule has 0 aliphatic rings. The van der Waals surface area contributed by atoms with Gasteiger partial charge in [0.05, 0.1) is 39.1 Å². The first kappa shape index (κ1) is 15.1. The average Bonchev–Trinajstić information content (AvgIpc) is 2.89. The molecule has 0 fully saturated rings. The van der Waals surface area contributed by atoms with E-state index in [1.165, 1.54) is 0 Å². The van der Waals surface area contributed by atoms with Gasteiger partial charge < -0.3 is 14.2 Å². The number of nitrogens with two attached hydrogens (primary N) is 1. The Balaban J connectivity index is 2.64. The van der Waals surface area contributed by atoms with E-state index in [1.807, 2.05) is 25.2 Å². The van der Waals surface area contributed by atoms with Gasteiger partial charge in [0.25, 0.3) is 0 Å². The zero-order valence-corrected chi connectivity index (χ0v) is 12.6. The molecule has 0 saturated carbocycles. The number of nitrogens with one attached hydrogen (secondary N) is 1. The highest BCUT2D eigenvalue weighted by Gasteiger charge is 2.27. The van der Waals surface area contributed by atoms with Gasteiger partial charge in [-0.25, -0.2) is 5.43 Å². The van der Waals surface area contributed by atoms with Crippen molar-refractivity contribution in [2.45, 2.75) is 6.04 Å². The number of nitrogens with zero attached hydrogens (tertiary/aromatic N) is 2. The molecule has 1 aromatic carbocycles. The molecular weight excluding hydrogens is 272 g/mol. The number of benzene rings is 1. The van der Waals surface area contributed by atoms with E-state index in [2.05, 4.69) is 10.5 Å². The summed E-state index contributed by atoms with van der Waals surface area (Å²) in [7, 11) is 6.62. The van der Waals surface area contributed by atoms with E-state index >= 15 is 0 Å². The number of rotatable bonds is 6. The Hall–Kier alpha value is -2.25. The largest absolute Gasteiger partial charge is 0.496 e. The molecule has 7 heteroatoms. The molecule has 1 unspecified atom stereocenters. The molecule has 1 heterocycles. The van der Waals surface area contributed by atoms with Crippen molar-refractivity contribution in [2.24, 2.45) is 12.9 Å². The first-order chi connectivity index (χ1) is 10.2. The van der Waals surface area contributed by atoms with Crippen molar-refractivity contribution in [3.63, 3.8) is 0 Å². The van der Waals surface area contributed by atoms with Gasteiger partial charge in [-0.3, -0.25) is 10.5 Å². The Labute approximate surface area is 123 Å². The quantitative estimate of drug-likeness (QED) is 0.610. The monoisotopic (exact) mass is 292 g/mol. The van der Waals surface area contributed by atoms with Gasteiger partial charge in [0.2, 0.25) is 0 Å². The highest BCUT2D eigenvalue weighted by Crippen LogP contribution is 2.39. The van der Waals surface area contributed by atoms with E-state index in [0.29, 0.717) is 17.2 Å². The van der Waals surface area contributed by atoms with Crippen LogP contribution < -0.4 is 25.5 Å².